The Hall–Kier alpha value is -0.300. The second-order valence-corrected chi connectivity index (χ2v) is 5.87. The summed E-state index contributed by atoms with van der Waals surface area (Å²) in [5.41, 5.74) is -0.432. The first-order valence-electron chi connectivity index (χ1n) is 5.09. The largest absolute Gasteiger partial charge is 0.416 e. The lowest BCUT2D eigenvalue weighted by Gasteiger charge is -2.20. The molecule has 0 fully saturated rings. The number of hydrogen-bond donors (Lipinski definition) is 0. The number of alkyl halides is 3. The lowest BCUT2D eigenvalue weighted by atomic mass is 10.1. The summed E-state index contributed by atoms with van der Waals surface area (Å²) < 4.78 is 43.9. The molecule has 0 atom stereocenters. The zero-order valence-corrected chi connectivity index (χ0v) is 12.0. The van der Waals surface area contributed by atoms with Crippen LogP contribution in [0.5, 0.6) is 0 Å². The van der Waals surface area contributed by atoms with Crippen molar-refractivity contribution in [2.24, 2.45) is 0 Å². The van der Waals surface area contributed by atoms with E-state index in [-0.39, 0.29) is 12.2 Å². The number of hydrogen-bond acceptors (Lipinski definition) is 1. The minimum atomic E-state index is -4.30. The Labute approximate surface area is 112 Å². The quantitative estimate of drug-likeness (QED) is 0.701. The van der Waals surface area contributed by atoms with Crippen LogP contribution in [0.3, 0.4) is 0 Å². The van der Waals surface area contributed by atoms with Crippen LogP contribution in [0.1, 0.15) is 31.9 Å². The van der Waals surface area contributed by atoms with Crippen LogP contribution in [0.4, 0.5) is 13.2 Å². The smallest absolute Gasteiger partial charge is 0.371 e. The first-order chi connectivity index (χ1) is 7.59. The van der Waals surface area contributed by atoms with Gasteiger partial charge < -0.3 is 4.74 Å². The molecule has 0 aliphatic heterocycles. The van der Waals surface area contributed by atoms with Gasteiger partial charge in [0.15, 0.2) is 0 Å². The van der Waals surface area contributed by atoms with Crippen molar-refractivity contribution in [1.82, 2.24) is 0 Å². The van der Waals surface area contributed by atoms with Crippen LogP contribution in [-0.2, 0) is 17.5 Å². The van der Waals surface area contributed by atoms with Gasteiger partial charge in [-0.3, -0.25) is 0 Å². The molecule has 17 heavy (non-hydrogen) atoms. The van der Waals surface area contributed by atoms with E-state index in [1.807, 2.05) is 43.4 Å². The van der Waals surface area contributed by atoms with Crippen LogP contribution >= 0.6 is 22.6 Å². The molecule has 1 aromatic carbocycles. The summed E-state index contributed by atoms with van der Waals surface area (Å²) in [5.74, 6) is 0. The van der Waals surface area contributed by atoms with E-state index in [1.54, 1.807) is 0 Å². The van der Waals surface area contributed by atoms with Crippen molar-refractivity contribution in [1.29, 1.82) is 0 Å². The fourth-order valence-electron chi connectivity index (χ4n) is 1.16. The van der Waals surface area contributed by atoms with Gasteiger partial charge in [-0.05, 0) is 67.1 Å². The maximum absolute atomic E-state index is 12.5. The Morgan fingerprint density at radius 3 is 2.24 bits per heavy atom. The molecule has 1 nitrogen and oxygen atoms in total. The molecule has 96 valence electrons. The summed E-state index contributed by atoms with van der Waals surface area (Å²) >= 11 is 2.01. The molecule has 0 aliphatic rings. The second-order valence-electron chi connectivity index (χ2n) is 4.70. The van der Waals surface area contributed by atoms with Crippen molar-refractivity contribution in [3.05, 3.63) is 32.9 Å². The summed E-state index contributed by atoms with van der Waals surface area (Å²) in [4.78, 5) is 0. The predicted molar refractivity (Wildman–Crippen MR) is 68.7 cm³/mol. The van der Waals surface area contributed by atoms with Gasteiger partial charge in [-0.25, -0.2) is 0 Å². The van der Waals surface area contributed by atoms with Crippen LogP contribution in [0.15, 0.2) is 18.2 Å². The van der Waals surface area contributed by atoms with E-state index in [2.05, 4.69) is 0 Å². The van der Waals surface area contributed by atoms with Crippen LogP contribution in [-0.4, -0.2) is 5.60 Å². The lowest BCUT2D eigenvalue weighted by Crippen LogP contribution is -2.19. The van der Waals surface area contributed by atoms with Crippen molar-refractivity contribution in [2.45, 2.75) is 39.2 Å². The summed E-state index contributed by atoms with van der Waals surface area (Å²) in [6.45, 7) is 5.79. The van der Waals surface area contributed by atoms with Gasteiger partial charge in [0.1, 0.15) is 0 Å². The molecule has 0 radical (unpaired) electrons. The highest BCUT2D eigenvalue weighted by Gasteiger charge is 2.30. The topological polar surface area (TPSA) is 9.23 Å². The van der Waals surface area contributed by atoms with Gasteiger partial charge in [0.05, 0.1) is 17.8 Å². The summed E-state index contributed by atoms with van der Waals surface area (Å²) in [6, 6.07) is 3.70. The van der Waals surface area contributed by atoms with Crippen molar-refractivity contribution in [2.75, 3.05) is 0 Å². The predicted octanol–water partition coefficient (Wildman–Crippen LogP) is 4.63. The van der Waals surface area contributed by atoms with E-state index in [1.165, 1.54) is 6.07 Å². The Balaban J connectivity index is 2.92. The van der Waals surface area contributed by atoms with Gasteiger partial charge in [0.2, 0.25) is 0 Å². The van der Waals surface area contributed by atoms with Gasteiger partial charge in [-0.1, -0.05) is 0 Å². The van der Waals surface area contributed by atoms with E-state index >= 15 is 0 Å². The first kappa shape index (κ1) is 14.8. The number of benzene rings is 1. The summed E-state index contributed by atoms with van der Waals surface area (Å²) in [6.07, 6.45) is -4.30. The molecule has 1 aromatic rings. The first-order valence-corrected chi connectivity index (χ1v) is 6.17. The third-order valence-corrected chi connectivity index (χ3v) is 3.09. The Morgan fingerprint density at radius 1 is 1.18 bits per heavy atom. The Morgan fingerprint density at radius 2 is 1.76 bits per heavy atom. The molecule has 0 unspecified atom stereocenters. The second kappa shape index (κ2) is 5.14. The van der Waals surface area contributed by atoms with Crippen LogP contribution < -0.4 is 0 Å². The number of ether oxygens (including phenoxy) is 1. The molecule has 0 aromatic heterocycles. The molecule has 0 bridgehead atoms. The van der Waals surface area contributed by atoms with Crippen LogP contribution in [0, 0.1) is 3.57 Å². The van der Waals surface area contributed by atoms with E-state index in [0.29, 0.717) is 5.56 Å². The lowest BCUT2D eigenvalue weighted by molar-refractivity contribution is -0.137. The minimum Gasteiger partial charge on any atom is -0.371 e. The van der Waals surface area contributed by atoms with E-state index in [9.17, 15) is 13.2 Å². The Bertz CT molecular complexity index is 394. The van der Waals surface area contributed by atoms with E-state index in [4.69, 9.17) is 4.74 Å². The highest BCUT2D eigenvalue weighted by atomic mass is 127. The van der Waals surface area contributed by atoms with Gasteiger partial charge in [0.25, 0.3) is 0 Å². The third-order valence-electron chi connectivity index (χ3n) is 2.03. The standard InChI is InChI=1S/C12H14F3IO/c1-11(2,3)17-7-8-6-9(12(13,14)15)4-5-10(8)16/h4-6H,7H2,1-3H3. The zero-order chi connectivity index (χ0) is 13.3. The van der Waals surface area contributed by atoms with Crippen molar-refractivity contribution in [3.8, 4) is 0 Å². The van der Waals surface area contributed by atoms with Crippen LogP contribution in [0.2, 0.25) is 0 Å². The third kappa shape index (κ3) is 4.83. The summed E-state index contributed by atoms with van der Waals surface area (Å²) in [7, 11) is 0. The average Bonchev–Trinajstić information content (AvgIpc) is 2.13. The maximum atomic E-state index is 12.5. The van der Waals surface area contributed by atoms with E-state index in [0.717, 1.165) is 15.7 Å². The SMILES string of the molecule is CC(C)(C)OCc1cc(C(F)(F)F)ccc1I. The van der Waals surface area contributed by atoms with Gasteiger partial charge >= 0.3 is 6.18 Å². The monoisotopic (exact) mass is 358 g/mol. The minimum absolute atomic E-state index is 0.186. The molecule has 0 heterocycles. The molecular weight excluding hydrogens is 344 g/mol. The zero-order valence-electron chi connectivity index (χ0n) is 9.86. The normalized spacial score (nSPS) is 12.9. The fraction of sp³-hybridized carbons (Fsp3) is 0.500. The van der Waals surface area contributed by atoms with Gasteiger partial charge in [-0.2, -0.15) is 13.2 Å². The summed E-state index contributed by atoms with van der Waals surface area (Å²) in [5, 5.41) is 0. The van der Waals surface area contributed by atoms with Gasteiger partial charge in [0, 0.05) is 3.57 Å². The molecule has 0 N–H and O–H groups in total. The molecule has 0 aliphatic carbocycles. The molecule has 1 rings (SSSR count). The van der Waals surface area contributed by atoms with Crippen molar-refractivity contribution in [3.63, 3.8) is 0 Å². The van der Waals surface area contributed by atoms with Crippen LogP contribution in [0.25, 0.3) is 0 Å². The molecule has 0 saturated heterocycles. The number of halogens is 4. The molecule has 0 saturated carbocycles. The van der Waals surface area contributed by atoms with Crippen molar-refractivity contribution >= 4 is 22.6 Å². The molecule has 5 heteroatoms. The molecule has 0 amide bonds. The maximum Gasteiger partial charge on any atom is 0.416 e. The highest BCUT2D eigenvalue weighted by molar-refractivity contribution is 14.1. The van der Waals surface area contributed by atoms with E-state index < -0.39 is 11.7 Å². The Kier molecular flexibility index (Phi) is 4.46. The fourth-order valence-corrected chi connectivity index (χ4v) is 1.65. The van der Waals surface area contributed by atoms with Gasteiger partial charge in [-0.15, -0.1) is 0 Å². The molecular formula is C12H14F3IO. The number of rotatable bonds is 2. The molecule has 0 spiro atoms. The van der Waals surface area contributed by atoms with Crippen molar-refractivity contribution < 1.29 is 17.9 Å². The highest BCUT2D eigenvalue weighted by Crippen LogP contribution is 2.31. The average molecular weight is 358 g/mol.